The summed E-state index contributed by atoms with van der Waals surface area (Å²) in [4.78, 5) is 25.5. The molecule has 1 aromatic heterocycles. The summed E-state index contributed by atoms with van der Waals surface area (Å²) in [6.45, 7) is 1.95. The fourth-order valence-corrected chi connectivity index (χ4v) is 1.44. The third-order valence-electron chi connectivity index (χ3n) is 2.40. The monoisotopic (exact) mass is 261 g/mol. The van der Waals surface area contributed by atoms with E-state index >= 15 is 0 Å². The Hall–Kier alpha value is -2.77. The maximum atomic E-state index is 11.6. The molecule has 0 radical (unpaired) electrons. The van der Waals surface area contributed by atoms with Crippen LogP contribution in [0.2, 0.25) is 0 Å². The van der Waals surface area contributed by atoms with Gasteiger partial charge >= 0.3 is 0 Å². The van der Waals surface area contributed by atoms with Crippen LogP contribution in [0.5, 0.6) is 0 Å². The van der Waals surface area contributed by atoms with E-state index in [-0.39, 0.29) is 18.1 Å². The van der Waals surface area contributed by atoms with E-state index in [0.29, 0.717) is 5.82 Å². The van der Waals surface area contributed by atoms with Crippen molar-refractivity contribution in [2.75, 3.05) is 0 Å². The number of nitrogens with one attached hydrogen (secondary N) is 2. The van der Waals surface area contributed by atoms with Crippen molar-refractivity contribution in [3.63, 3.8) is 0 Å². The molecule has 0 aliphatic heterocycles. The number of aromatic nitrogens is 3. The number of amides is 1. The van der Waals surface area contributed by atoms with Crippen molar-refractivity contribution in [2.45, 2.75) is 13.5 Å². The lowest BCUT2D eigenvalue weighted by Gasteiger charge is -2.02. The third-order valence-corrected chi connectivity index (χ3v) is 2.40. The molecule has 0 unspecified atom stereocenters. The standard InChI is InChI=1S/C11H11N5O3/c1-7-13-10(15-14-7)11(17)12-6-8-2-4-9(5-3-8)16(18)19/h2-5H,6H2,1H3,(H,12,17)(H,13,14,15). The highest BCUT2D eigenvalue weighted by atomic mass is 16.6. The number of nitrogens with zero attached hydrogens (tertiary/aromatic N) is 3. The van der Waals surface area contributed by atoms with Gasteiger partial charge < -0.3 is 5.32 Å². The Bertz CT molecular complexity index is 605. The molecule has 19 heavy (non-hydrogen) atoms. The fourth-order valence-electron chi connectivity index (χ4n) is 1.44. The van der Waals surface area contributed by atoms with Crippen molar-refractivity contribution in [1.29, 1.82) is 0 Å². The summed E-state index contributed by atoms with van der Waals surface area (Å²) in [7, 11) is 0. The second-order valence-corrected chi connectivity index (χ2v) is 3.85. The number of hydrogen-bond acceptors (Lipinski definition) is 5. The number of aryl methyl sites for hydroxylation is 1. The number of nitro benzene ring substituents is 1. The number of H-pyrrole nitrogens is 1. The van der Waals surface area contributed by atoms with Gasteiger partial charge in [-0.25, -0.2) is 4.98 Å². The first-order valence-corrected chi connectivity index (χ1v) is 5.47. The predicted molar refractivity (Wildman–Crippen MR) is 65.4 cm³/mol. The molecule has 2 rings (SSSR count). The number of carbonyl (C=O) groups excluding carboxylic acids is 1. The summed E-state index contributed by atoms with van der Waals surface area (Å²) in [6.07, 6.45) is 0. The van der Waals surface area contributed by atoms with Crippen LogP contribution < -0.4 is 5.32 Å². The molecule has 0 aliphatic carbocycles. The maximum Gasteiger partial charge on any atom is 0.291 e. The predicted octanol–water partition coefficient (Wildman–Crippen LogP) is 0.951. The molecule has 8 nitrogen and oxygen atoms in total. The van der Waals surface area contributed by atoms with Crippen LogP contribution in [-0.2, 0) is 6.54 Å². The van der Waals surface area contributed by atoms with Crippen molar-refractivity contribution in [3.8, 4) is 0 Å². The minimum Gasteiger partial charge on any atom is -0.345 e. The van der Waals surface area contributed by atoms with Gasteiger partial charge in [0.2, 0.25) is 5.82 Å². The summed E-state index contributed by atoms with van der Waals surface area (Å²) >= 11 is 0. The zero-order chi connectivity index (χ0) is 13.8. The van der Waals surface area contributed by atoms with Gasteiger partial charge in [-0.05, 0) is 12.5 Å². The van der Waals surface area contributed by atoms with Crippen LogP contribution in [-0.4, -0.2) is 26.0 Å². The van der Waals surface area contributed by atoms with E-state index in [1.165, 1.54) is 12.1 Å². The Kier molecular flexibility index (Phi) is 3.51. The molecule has 2 aromatic rings. The number of benzene rings is 1. The van der Waals surface area contributed by atoms with Crippen molar-refractivity contribution < 1.29 is 9.72 Å². The second kappa shape index (κ2) is 5.25. The van der Waals surface area contributed by atoms with Crippen LogP contribution in [0.25, 0.3) is 0 Å². The minimum atomic E-state index is -0.473. The normalized spacial score (nSPS) is 10.2. The lowest BCUT2D eigenvalue weighted by Crippen LogP contribution is -2.24. The maximum absolute atomic E-state index is 11.6. The van der Waals surface area contributed by atoms with E-state index in [0.717, 1.165) is 5.56 Å². The zero-order valence-corrected chi connectivity index (χ0v) is 10.1. The van der Waals surface area contributed by atoms with Crippen molar-refractivity contribution >= 4 is 11.6 Å². The molecule has 0 aliphatic rings. The third kappa shape index (κ3) is 3.12. The van der Waals surface area contributed by atoms with E-state index in [9.17, 15) is 14.9 Å². The van der Waals surface area contributed by atoms with Gasteiger partial charge in [0.25, 0.3) is 11.6 Å². The number of aromatic amines is 1. The Morgan fingerprint density at radius 3 is 2.63 bits per heavy atom. The Balaban J connectivity index is 1.95. The van der Waals surface area contributed by atoms with E-state index < -0.39 is 10.8 Å². The van der Waals surface area contributed by atoms with Crippen LogP contribution in [0.15, 0.2) is 24.3 Å². The Morgan fingerprint density at radius 2 is 2.11 bits per heavy atom. The summed E-state index contributed by atoms with van der Waals surface area (Å²) in [5.74, 6) is 0.225. The first-order valence-electron chi connectivity index (χ1n) is 5.47. The summed E-state index contributed by atoms with van der Waals surface area (Å²) < 4.78 is 0. The van der Waals surface area contributed by atoms with Crippen LogP contribution in [0.3, 0.4) is 0 Å². The molecule has 0 atom stereocenters. The molecule has 1 aromatic carbocycles. The molecule has 0 spiro atoms. The van der Waals surface area contributed by atoms with Crippen LogP contribution in [0, 0.1) is 17.0 Å². The summed E-state index contributed by atoms with van der Waals surface area (Å²) in [5, 5.41) is 19.4. The Labute approximate surface area is 108 Å². The molecule has 8 heteroatoms. The average molecular weight is 261 g/mol. The number of rotatable bonds is 4. The fraction of sp³-hybridized carbons (Fsp3) is 0.182. The van der Waals surface area contributed by atoms with Crippen molar-refractivity contribution in [2.24, 2.45) is 0 Å². The molecule has 0 saturated heterocycles. The van der Waals surface area contributed by atoms with Gasteiger partial charge in [-0.1, -0.05) is 12.1 Å². The molecular weight excluding hydrogens is 250 g/mol. The quantitative estimate of drug-likeness (QED) is 0.628. The largest absolute Gasteiger partial charge is 0.345 e. The first-order chi connectivity index (χ1) is 9.06. The first kappa shape index (κ1) is 12.7. The van der Waals surface area contributed by atoms with Gasteiger partial charge in [0, 0.05) is 18.7 Å². The molecule has 0 bridgehead atoms. The van der Waals surface area contributed by atoms with Crippen molar-refractivity contribution in [1.82, 2.24) is 20.5 Å². The lowest BCUT2D eigenvalue weighted by atomic mass is 10.2. The van der Waals surface area contributed by atoms with Crippen LogP contribution in [0.1, 0.15) is 22.0 Å². The SMILES string of the molecule is Cc1nc(C(=O)NCc2ccc([N+](=O)[O-])cc2)n[nH]1. The average Bonchev–Trinajstić information content (AvgIpc) is 2.83. The van der Waals surface area contributed by atoms with E-state index in [1.54, 1.807) is 19.1 Å². The Morgan fingerprint density at radius 1 is 1.42 bits per heavy atom. The highest BCUT2D eigenvalue weighted by Gasteiger charge is 2.10. The minimum absolute atomic E-state index is 0.0136. The smallest absolute Gasteiger partial charge is 0.291 e. The number of hydrogen-bond donors (Lipinski definition) is 2. The second-order valence-electron chi connectivity index (χ2n) is 3.85. The number of nitro groups is 1. The van der Waals surface area contributed by atoms with E-state index in [1.807, 2.05) is 0 Å². The molecule has 98 valence electrons. The van der Waals surface area contributed by atoms with Gasteiger partial charge in [0.1, 0.15) is 5.82 Å². The van der Waals surface area contributed by atoms with E-state index in [2.05, 4.69) is 20.5 Å². The number of carbonyl (C=O) groups is 1. The number of non-ortho nitro benzene ring substituents is 1. The molecule has 2 N–H and O–H groups in total. The highest BCUT2D eigenvalue weighted by Crippen LogP contribution is 2.11. The molecule has 1 heterocycles. The van der Waals surface area contributed by atoms with Gasteiger partial charge in [0.05, 0.1) is 4.92 Å². The molecule has 0 saturated carbocycles. The van der Waals surface area contributed by atoms with Crippen LogP contribution in [0.4, 0.5) is 5.69 Å². The van der Waals surface area contributed by atoms with Crippen LogP contribution >= 0.6 is 0 Å². The highest BCUT2D eigenvalue weighted by molar-refractivity contribution is 5.90. The molecular formula is C11H11N5O3. The zero-order valence-electron chi connectivity index (χ0n) is 10.1. The van der Waals surface area contributed by atoms with E-state index in [4.69, 9.17) is 0 Å². The van der Waals surface area contributed by atoms with Gasteiger partial charge in [0.15, 0.2) is 0 Å². The topological polar surface area (TPSA) is 114 Å². The van der Waals surface area contributed by atoms with Gasteiger partial charge in [-0.2, -0.15) is 0 Å². The van der Waals surface area contributed by atoms with Gasteiger partial charge in [-0.15, -0.1) is 5.10 Å². The molecule has 0 fully saturated rings. The van der Waals surface area contributed by atoms with Crippen molar-refractivity contribution in [3.05, 3.63) is 51.6 Å². The summed E-state index contributed by atoms with van der Waals surface area (Å²) in [5.41, 5.74) is 0.769. The van der Waals surface area contributed by atoms with Gasteiger partial charge in [-0.3, -0.25) is 20.0 Å². The lowest BCUT2D eigenvalue weighted by molar-refractivity contribution is -0.384. The molecule has 1 amide bonds. The summed E-state index contributed by atoms with van der Waals surface area (Å²) in [6, 6.07) is 5.94.